The van der Waals surface area contributed by atoms with Gasteiger partial charge in [-0.2, -0.15) is 0 Å². The van der Waals surface area contributed by atoms with Gasteiger partial charge in [-0.05, 0) is 5.56 Å². The Bertz CT molecular complexity index is 375. The first-order chi connectivity index (χ1) is 7.06. The Labute approximate surface area is 87.2 Å². The molecule has 0 N–H and O–H groups in total. The Morgan fingerprint density at radius 1 is 1.40 bits per heavy atom. The Hall–Kier alpha value is -1.16. The molecule has 0 heterocycles. The first-order valence-corrected chi connectivity index (χ1v) is 5.68. The minimum Gasteiger partial charge on any atom is -0.770 e. The Kier molecular flexibility index (Phi) is 4.03. The summed E-state index contributed by atoms with van der Waals surface area (Å²) < 4.78 is 19.4. The summed E-state index contributed by atoms with van der Waals surface area (Å²) in [5, 5.41) is 0. The van der Waals surface area contributed by atoms with E-state index in [2.05, 4.69) is 9.26 Å². The Morgan fingerprint density at radius 3 is 2.53 bits per heavy atom. The Balaban J connectivity index is 2.52. The predicted molar refractivity (Wildman–Crippen MR) is 51.2 cm³/mol. The molecule has 1 atom stereocenters. The van der Waals surface area contributed by atoms with E-state index in [1.807, 2.05) is 0 Å². The van der Waals surface area contributed by atoms with E-state index in [9.17, 15) is 14.3 Å². The van der Waals surface area contributed by atoms with Gasteiger partial charge in [-0.15, -0.1) is 0 Å². The number of hydrogen-bond donors (Lipinski definition) is 0. The summed E-state index contributed by atoms with van der Waals surface area (Å²) in [5.74, 6) is 0. The molecule has 0 amide bonds. The van der Waals surface area contributed by atoms with Crippen molar-refractivity contribution < 1.29 is 23.5 Å². The number of carbonyl (C=O) groups excluding carboxylic acids is 1. The van der Waals surface area contributed by atoms with Crippen LogP contribution in [0.25, 0.3) is 0 Å². The van der Waals surface area contributed by atoms with Gasteiger partial charge < -0.3 is 14.2 Å². The largest absolute Gasteiger partial charge is 0.770 e. The number of hydrogen-bond acceptors (Lipinski definition) is 5. The second kappa shape index (κ2) is 5.07. The average molecular weight is 229 g/mol. The fourth-order valence-electron chi connectivity index (χ4n) is 0.873. The normalized spacial score (nSPS) is 14.3. The van der Waals surface area contributed by atoms with E-state index < -0.39 is 13.3 Å². The van der Waals surface area contributed by atoms with Crippen LogP contribution in [0.3, 0.4) is 0 Å². The van der Waals surface area contributed by atoms with E-state index in [4.69, 9.17) is 0 Å². The minimum atomic E-state index is -4.51. The average Bonchev–Trinajstić information content (AvgIpc) is 2.27. The molecule has 1 rings (SSSR count). The lowest BCUT2D eigenvalue weighted by Crippen LogP contribution is -2.14. The molecule has 0 aliphatic carbocycles. The maximum Gasteiger partial charge on any atom is 0.377 e. The standard InChI is InChI=1S/C9H11O5P/c1-13-15(11,12)9(10)14-7-8-5-3-2-4-6-8/h2-6H,7H2,1H3,(H,11,12)/p-1. The second-order valence-electron chi connectivity index (χ2n) is 2.72. The van der Waals surface area contributed by atoms with Crippen LogP contribution in [0, 0.1) is 0 Å². The lowest BCUT2D eigenvalue weighted by Gasteiger charge is -2.18. The van der Waals surface area contributed by atoms with Crippen molar-refractivity contribution in [1.82, 2.24) is 0 Å². The molecule has 0 fully saturated rings. The third kappa shape index (κ3) is 3.47. The first-order valence-electron chi connectivity index (χ1n) is 4.14. The van der Waals surface area contributed by atoms with Gasteiger partial charge in [-0.1, -0.05) is 30.3 Å². The molecular formula is C9H10O5P-. The highest BCUT2D eigenvalue weighted by Gasteiger charge is 2.19. The summed E-state index contributed by atoms with van der Waals surface area (Å²) in [6.07, 6.45) is 0. The lowest BCUT2D eigenvalue weighted by atomic mass is 10.2. The maximum absolute atomic E-state index is 10.9. The summed E-state index contributed by atoms with van der Waals surface area (Å²) >= 11 is 0. The zero-order valence-electron chi connectivity index (χ0n) is 8.08. The number of ether oxygens (including phenoxy) is 1. The molecule has 5 nitrogen and oxygen atoms in total. The van der Waals surface area contributed by atoms with Crippen molar-refractivity contribution in [1.29, 1.82) is 0 Å². The van der Waals surface area contributed by atoms with Gasteiger partial charge in [0.2, 0.25) is 7.60 Å². The fraction of sp³-hybridized carbons (Fsp3) is 0.222. The van der Waals surface area contributed by atoms with Gasteiger partial charge in [-0.3, -0.25) is 4.57 Å². The van der Waals surface area contributed by atoms with Crippen LogP contribution in [-0.2, 0) is 20.4 Å². The van der Waals surface area contributed by atoms with Crippen molar-refractivity contribution >= 4 is 13.3 Å². The Morgan fingerprint density at radius 2 is 2.00 bits per heavy atom. The molecule has 6 heteroatoms. The SMILES string of the molecule is COP(=O)([O-])C(=O)OCc1ccccc1. The number of carbonyl (C=O) groups is 1. The van der Waals surface area contributed by atoms with E-state index in [1.165, 1.54) is 0 Å². The number of rotatable bonds is 4. The molecule has 15 heavy (non-hydrogen) atoms. The van der Waals surface area contributed by atoms with E-state index in [1.54, 1.807) is 30.3 Å². The molecule has 1 aromatic rings. The van der Waals surface area contributed by atoms with Crippen molar-refractivity contribution in [2.75, 3.05) is 7.11 Å². The van der Waals surface area contributed by atoms with Gasteiger partial charge in [0, 0.05) is 7.11 Å². The van der Waals surface area contributed by atoms with Gasteiger partial charge in [0.15, 0.2) is 0 Å². The fourth-order valence-corrected chi connectivity index (χ4v) is 1.24. The van der Waals surface area contributed by atoms with Crippen LogP contribution in [-0.4, -0.2) is 12.8 Å². The molecule has 1 unspecified atom stereocenters. The van der Waals surface area contributed by atoms with Crippen molar-refractivity contribution in [3.05, 3.63) is 35.9 Å². The van der Waals surface area contributed by atoms with Gasteiger partial charge in [0.05, 0.1) is 0 Å². The number of benzene rings is 1. The highest BCUT2D eigenvalue weighted by Crippen LogP contribution is 2.38. The van der Waals surface area contributed by atoms with Crippen LogP contribution in [0.4, 0.5) is 4.79 Å². The van der Waals surface area contributed by atoms with Crippen molar-refractivity contribution in [3.8, 4) is 0 Å². The molecule has 0 aromatic heterocycles. The van der Waals surface area contributed by atoms with E-state index in [0.717, 1.165) is 7.11 Å². The van der Waals surface area contributed by atoms with Gasteiger partial charge >= 0.3 is 5.71 Å². The third-order valence-electron chi connectivity index (χ3n) is 1.67. The van der Waals surface area contributed by atoms with Gasteiger partial charge in [-0.25, -0.2) is 4.79 Å². The molecule has 82 valence electrons. The van der Waals surface area contributed by atoms with E-state index in [-0.39, 0.29) is 6.61 Å². The summed E-state index contributed by atoms with van der Waals surface area (Å²) in [4.78, 5) is 21.8. The van der Waals surface area contributed by atoms with Gasteiger partial charge in [0.1, 0.15) is 6.61 Å². The van der Waals surface area contributed by atoms with Crippen molar-refractivity contribution in [3.63, 3.8) is 0 Å². The molecule has 0 saturated carbocycles. The summed E-state index contributed by atoms with van der Waals surface area (Å²) in [6.45, 7) is -0.0880. The molecule has 0 bridgehead atoms. The quantitative estimate of drug-likeness (QED) is 0.731. The van der Waals surface area contributed by atoms with Crippen LogP contribution in [0.2, 0.25) is 0 Å². The topological polar surface area (TPSA) is 75.7 Å². The monoisotopic (exact) mass is 229 g/mol. The highest BCUT2D eigenvalue weighted by molar-refractivity contribution is 7.69. The zero-order valence-corrected chi connectivity index (χ0v) is 8.98. The highest BCUT2D eigenvalue weighted by atomic mass is 31.2. The van der Waals surface area contributed by atoms with Crippen molar-refractivity contribution in [2.45, 2.75) is 6.61 Å². The summed E-state index contributed by atoms with van der Waals surface area (Å²) in [7, 11) is -3.60. The van der Waals surface area contributed by atoms with Crippen molar-refractivity contribution in [2.24, 2.45) is 0 Å². The summed E-state index contributed by atoms with van der Waals surface area (Å²) in [6, 6.07) is 8.76. The maximum atomic E-state index is 10.9. The first kappa shape index (κ1) is 11.9. The van der Waals surface area contributed by atoms with E-state index >= 15 is 0 Å². The predicted octanol–water partition coefficient (Wildman–Crippen LogP) is 1.52. The molecule has 0 aliphatic rings. The molecule has 0 spiro atoms. The summed E-state index contributed by atoms with van der Waals surface area (Å²) in [5.41, 5.74) is -0.643. The smallest absolute Gasteiger partial charge is 0.377 e. The molecule has 0 aliphatic heterocycles. The van der Waals surface area contributed by atoms with Gasteiger partial charge in [0.25, 0.3) is 0 Å². The molecule has 1 aromatic carbocycles. The van der Waals surface area contributed by atoms with Crippen LogP contribution in [0.5, 0.6) is 0 Å². The van der Waals surface area contributed by atoms with Crippen LogP contribution >= 0.6 is 7.60 Å². The van der Waals surface area contributed by atoms with Crippen LogP contribution < -0.4 is 4.89 Å². The van der Waals surface area contributed by atoms with E-state index in [0.29, 0.717) is 5.56 Å². The molecule has 0 saturated heterocycles. The van der Waals surface area contributed by atoms with Crippen LogP contribution in [0.1, 0.15) is 5.56 Å². The molecule has 0 radical (unpaired) electrons. The minimum absolute atomic E-state index is 0.0880. The second-order valence-corrected chi connectivity index (χ2v) is 4.45. The van der Waals surface area contributed by atoms with Crippen LogP contribution in [0.15, 0.2) is 30.3 Å². The molecular weight excluding hydrogens is 219 g/mol. The zero-order chi connectivity index (χ0) is 11.3. The third-order valence-corrected chi connectivity index (χ3v) is 2.73. The lowest BCUT2D eigenvalue weighted by molar-refractivity contribution is -0.193.